The molecule has 0 aliphatic carbocycles. The van der Waals surface area contributed by atoms with Crippen LogP contribution >= 0.6 is 0 Å². The monoisotopic (exact) mass is 282 g/mol. The van der Waals surface area contributed by atoms with Crippen molar-refractivity contribution in [3.05, 3.63) is 71.3 Å². The maximum absolute atomic E-state index is 12.0. The first-order valence-electron chi connectivity index (χ1n) is 7.37. The van der Waals surface area contributed by atoms with Crippen LogP contribution in [-0.4, -0.2) is 12.6 Å². The van der Waals surface area contributed by atoms with Crippen molar-refractivity contribution in [2.45, 2.75) is 26.3 Å². The second kappa shape index (κ2) is 7.48. The Morgan fingerprint density at radius 3 is 2.38 bits per heavy atom. The zero-order valence-corrected chi connectivity index (χ0v) is 12.6. The minimum absolute atomic E-state index is 0.131. The molecular formula is C18H22N2O. The number of hydrogen-bond acceptors (Lipinski definition) is 1. The molecule has 0 aromatic heterocycles. The summed E-state index contributed by atoms with van der Waals surface area (Å²) in [4.78, 5) is 12.0. The third-order valence-electron chi connectivity index (χ3n) is 3.44. The third kappa shape index (κ3) is 4.09. The Bertz CT molecular complexity index is 581. The first-order valence-corrected chi connectivity index (χ1v) is 7.37. The molecule has 21 heavy (non-hydrogen) atoms. The average molecular weight is 282 g/mol. The zero-order chi connectivity index (χ0) is 15.1. The molecule has 3 heteroatoms. The van der Waals surface area contributed by atoms with E-state index in [9.17, 15) is 4.79 Å². The van der Waals surface area contributed by atoms with Gasteiger partial charge in [0.15, 0.2) is 0 Å². The van der Waals surface area contributed by atoms with Crippen LogP contribution in [0, 0.1) is 6.92 Å². The summed E-state index contributed by atoms with van der Waals surface area (Å²) >= 11 is 0. The van der Waals surface area contributed by atoms with E-state index in [1.54, 1.807) is 0 Å². The summed E-state index contributed by atoms with van der Waals surface area (Å²) in [5, 5.41) is 5.95. The second-order valence-electron chi connectivity index (χ2n) is 5.10. The van der Waals surface area contributed by atoms with Crippen LogP contribution in [0.4, 0.5) is 4.79 Å². The fourth-order valence-corrected chi connectivity index (χ4v) is 2.32. The normalized spacial score (nSPS) is 11.7. The Labute approximate surface area is 126 Å². The zero-order valence-electron chi connectivity index (χ0n) is 12.6. The molecular weight excluding hydrogens is 260 g/mol. The van der Waals surface area contributed by atoms with Gasteiger partial charge in [0.1, 0.15) is 0 Å². The summed E-state index contributed by atoms with van der Waals surface area (Å²) in [6.07, 6.45) is 0.924. The first-order chi connectivity index (χ1) is 10.2. The average Bonchev–Trinajstić information content (AvgIpc) is 2.52. The van der Waals surface area contributed by atoms with E-state index in [1.165, 1.54) is 5.56 Å². The Balaban J connectivity index is 2.27. The first kappa shape index (κ1) is 15.1. The topological polar surface area (TPSA) is 41.1 Å². The molecule has 0 aliphatic rings. The molecule has 3 nitrogen and oxygen atoms in total. The predicted octanol–water partition coefficient (Wildman–Crippen LogP) is 3.79. The molecule has 1 unspecified atom stereocenters. The van der Waals surface area contributed by atoms with E-state index < -0.39 is 0 Å². The number of hydrogen-bond donors (Lipinski definition) is 2. The van der Waals surface area contributed by atoms with Crippen molar-refractivity contribution in [1.82, 2.24) is 10.6 Å². The van der Waals surface area contributed by atoms with Crippen molar-refractivity contribution < 1.29 is 4.79 Å². The molecule has 110 valence electrons. The standard InChI is InChI=1S/C18H22N2O/c1-3-13-19-18(21)20-17(15-10-5-4-6-11-15)16-12-8-7-9-14(16)2/h4-12,17H,3,13H2,1-2H3,(H2,19,20,21). The van der Waals surface area contributed by atoms with Crippen LogP contribution in [-0.2, 0) is 0 Å². The predicted molar refractivity (Wildman–Crippen MR) is 86.3 cm³/mol. The number of urea groups is 1. The second-order valence-corrected chi connectivity index (χ2v) is 5.10. The van der Waals surface area contributed by atoms with E-state index >= 15 is 0 Å². The Hall–Kier alpha value is -2.29. The molecule has 2 rings (SSSR count). The van der Waals surface area contributed by atoms with Gasteiger partial charge in [0.25, 0.3) is 0 Å². The van der Waals surface area contributed by atoms with Gasteiger partial charge in [0.2, 0.25) is 0 Å². The van der Waals surface area contributed by atoms with Crippen molar-refractivity contribution in [2.75, 3.05) is 6.54 Å². The smallest absolute Gasteiger partial charge is 0.315 e. The van der Waals surface area contributed by atoms with E-state index in [1.807, 2.05) is 49.4 Å². The fraction of sp³-hybridized carbons (Fsp3) is 0.278. The van der Waals surface area contributed by atoms with E-state index in [0.717, 1.165) is 17.5 Å². The minimum atomic E-state index is -0.135. The highest BCUT2D eigenvalue weighted by Crippen LogP contribution is 2.24. The molecule has 0 aliphatic heterocycles. The van der Waals surface area contributed by atoms with Crippen LogP contribution in [0.15, 0.2) is 54.6 Å². The number of benzene rings is 2. The van der Waals surface area contributed by atoms with Crippen molar-refractivity contribution in [3.8, 4) is 0 Å². The van der Waals surface area contributed by atoms with Gasteiger partial charge in [0.05, 0.1) is 6.04 Å². The van der Waals surface area contributed by atoms with Crippen LogP contribution in [0.25, 0.3) is 0 Å². The number of carbonyl (C=O) groups excluding carboxylic acids is 1. The molecule has 2 amide bonds. The molecule has 2 aromatic rings. The summed E-state index contributed by atoms with van der Waals surface area (Å²) in [5.74, 6) is 0. The van der Waals surface area contributed by atoms with E-state index in [-0.39, 0.29) is 12.1 Å². The number of rotatable bonds is 5. The number of aryl methyl sites for hydroxylation is 1. The van der Waals surface area contributed by atoms with Crippen LogP contribution < -0.4 is 10.6 Å². The van der Waals surface area contributed by atoms with Gasteiger partial charge in [-0.05, 0) is 30.0 Å². The molecule has 0 bridgehead atoms. The summed E-state index contributed by atoms with van der Waals surface area (Å²) in [6, 6.07) is 17.9. The Kier molecular flexibility index (Phi) is 5.38. The third-order valence-corrected chi connectivity index (χ3v) is 3.44. The highest BCUT2D eigenvalue weighted by Gasteiger charge is 2.17. The molecule has 0 heterocycles. The molecule has 0 spiro atoms. The SMILES string of the molecule is CCCNC(=O)NC(c1ccccc1)c1ccccc1C. The lowest BCUT2D eigenvalue weighted by Crippen LogP contribution is -2.38. The molecule has 2 aromatic carbocycles. The molecule has 1 atom stereocenters. The van der Waals surface area contributed by atoms with E-state index in [4.69, 9.17) is 0 Å². The van der Waals surface area contributed by atoms with Crippen LogP contribution in [0.2, 0.25) is 0 Å². The lowest BCUT2D eigenvalue weighted by atomic mass is 9.95. The molecule has 0 saturated heterocycles. The quantitative estimate of drug-likeness (QED) is 0.860. The van der Waals surface area contributed by atoms with Crippen LogP contribution in [0.5, 0.6) is 0 Å². The minimum Gasteiger partial charge on any atom is -0.338 e. The highest BCUT2D eigenvalue weighted by molar-refractivity contribution is 5.75. The van der Waals surface area contributed by atoms with Gasteiger partial charge in [-0.3, -0.25) is 0 Å². The van der Waals surface area contributed by atoms with Crippen LogP contribution in [0.1, 0.15) is 36.1 Å². The maximum Gasteiger partial charge on any atom is 0.315 e. The van der Waals surface area contributed by atoms with E-state index in [2.05, 4.69) is 29.7 Å². The van der Waals surface area contributed by atoms with Gasteiger partial charge in [-0.2, -0.15) is 0 Å². The number of amides is 2. The van der Waals surface area contributed by atoms with Gasteiger partial charge in [-0.25, -0.2) is 4.79 Å². The van der Waals surface area contributed by atoms with Gasteiger partial charge in [0, 0.05) is 6.54 Å². The fourth-order valence-electron chi connectivity index (χ4n) is 2.32. The van der Waals surface area contributed by atoms with Crippen LogP contribution in [0.3, 0.4) is 0 Å². The lowest BCUT2D eigenvalue weighted by Gasteiger charge is -2.21. The van der Waals surface area contributed by atoms with Crippen molar-refractivity contribution >= 4 is 6.03 Å². The van der Waals surface area contributed by atoms with Gasteiger partial charge < -0.3 is 10.6 Å². The molecule has 2 N–H and O–H groups in total. The van der Waals surface area contributed by atoms with E-state index in [0.29, 0.717) is 6.54 Å². The largest absolute Gasteiger partial charge is 0.338 e. The lowest BCUT2D eigenvalue weighted by molar-refractivity contribution is 0.238. The molecule has 0 saturated carbocycles. The highest BCUT2D eigenvalue weighted by atomic mass is 16.2. The van der Waals surface area contributed by atoms with Gasteiger partial charge in [-0.15, -0.1) is 0 Å². The Morgan fingerprint density at radius 2 is 1.71 bits per heavy atom. The summed E-state index contributed by atoms with van der Waals surface area (Å²) in [6.45, 7) is 4.79. The molecule has 0 radical (unpaired) electrons. The van der Waals surface area contributed by atoms with Gasteiger partial charge >= 0.3 is 6.03 Å². The summed E-state index contributed by atoms with van der Waals surface area (Å²) in [7, 11) is 0. The Morgan fingerprint density at radius 1 is 1.05 bits per heavy atom. The van der Waals surface area contributed by atoms with Crippen molar-refractivity contribution in [1.29, 1.82) is 0 Å². The van der Waals surface area contributed by atoms with Crippen molar-refractivity contribution in [3.63, 3.8) is 0 Å². The maximum atomic E-state index is 12.0. The molecule has 0 fully saturated rings. The summed E-state index contributed by atoms with van der Waals surface area (Å²) < 4.78 is 0. The van der Waals surface area contributed by atoms with Crippen molar-refractivity contribution in [2.24, 2.45) is 0 Å². The van der Waals surface area contributed by atoms with Gasteiger partial charge in [-0.1, -0.05) is 61.5 Å². The number of carbonyl (C=O) groups is 1. The summed E-state index contributed by atoms with van der Waals surface area (Å²) in [5.41, 5.74) is 3.37. The number of nitrogens with one attached hydrogen (secondary N) is 2.